The van der Waals surface area contributed by atoms with Gasteiger partial charge in [0, 0.05) is 31.6 Å². The van der Waals surface area contributed by atoms with Gasteiger partial charge in [0.1, 0.15) is 0 Å². The van der Waals surface area contributed by atoms with Crippen LogP contribution >= 0.6 is 0 Å². The lowest BCUT2D eigenvalue weighted by atomic mass is 10.1. The van der Waals surface area contributed by atoms with E-state index in [2.05, 4.69) is 5.32 Å². The molecule has 1 aromatic carbocycles. The first kappa shape index (κ1) is 15.2. The Kier molecular flexibility index (Phi) is 5.55. The highest BCUT2D eigenvalue weighted by Crippen LogP contribution is 2.19. The summed E-state index contributed by atoms with van der Waals surface area (Å²) in [5, 5.41) is 2.83. The summed E-state index contributed by atoms with van der Waals surface area (Å²) in [6.45, 7) is 7.72. The van der Waals surface area contributed by atoms with Crippen LogP contribution in [0.3, 0.4) is 0 Å². The summed E-state index contributed by atoms with van der Waals surface area (Å²) in [7, 11) is 0. The monoisotopic (exact) mass is 262 g/mol. The maximum Gasteiger partial charge on any atom is 0.223 e. The number of hydrogen-bond donors (Lipinski definition) is 1. The van der Waals surface area contributed by atoms with Crippen molar-refractivity contribution >= 4 is 17.5 Å². The van der Waals surface area contributed by atoms with Crippen LogP contribution in [0.25, 0.3) is 0 Å². The summed E-state index contributed by atoms with van der Waals surface area (Å²) in [5.41, 5.74) is 1.90. The van der Waals surface area contributed by atoms with Gasteiger partial charge in [-0.05, 0) is 32.4 Å². The Bertz CT molecular complexity index is 455. The van der Waals surface area contributed by atoms with Crippen molar-refractivity contribution in [2.45, 2.75) is 40.2 Å². The number of hydrogen-bond acceptors (Lipinski definition) is 2. The fourth-order valence-corrected chi connectivity index (χ4v) is 1.92. The lowest BCUT2D eigenvalue weighted by Crippen LogP contribution is -2.36. The first-order chi connectivity index (χ1) is 8.91. The average molecular weight is 262 g/mol. The molecule has 0 bridgehead atoms. The van der Waals surface area contributed by atoms with Crippen molar-refractivity contribution in [2.75, 3.05) is 11.4 Å². The molecular formula is C15H22N2O2. The van der Waals surface area contributed by atoms with Crippen LogP contribution in [-0.4, -0.2) is 24.4 Å². The Balaban J connectivity index is 2.73. The number of nitrogens with zero attached hydrogens (tertiary/aromatic N) is 1. The molecule has 0 radical (unpaired) electrons. The van der Waals surface area contributed by atoms with Crippen molar-refractivity contribution in [1.82, 2.24) is 5.32 Å². The van der Waals surface area contributed by atoms with Crippen molar-refractivity contribution in [3.8, 4) is 0 Å². The van der Waals surface area contributed by atoms with E-state index in [1.54, 1.807) is 4.90 Å². The molecule has 1 rings (SSSR count). The second-order valence-corrected chi connectivity index (χ2v) is 4.93. The molecule has 0 saturated carbocycles. The summed E-state index contributed by atoms with van der Waals surface area (Å²) in [5.74, 6) is -0.0820. The predicted molar refractivity (Wildman–Crippen MR) is 77.1 cm³/mol. The third-order valence-electron chi connectivity index (χ3n) is 2.80. The van der Waals surface area contributed by atoms with Crippen molar-refractivity contribution in [3.63, 3.8) is 0 Å². The second kappa shape index (κ2) is 6.92. The molecule has 0 aromatic heterocycles. The number of para-hydroxylation sites is 1. The van der Waals surface area contributed by atoms with Crippen molar-refractivity contribution in [1.29, 1.82) is 0 Å². The number of carbonyl (C=O) groups is 2. The molecule has 4 heteroatoms. The van der Waals surface area contributed by atoms with Crippen LogP contribution in [0.5, 0.6) is 0 Å². The largest absolute Gasteiger partial charge is 0.354 e. The molecule has 0 spiro atoms. The molecule has 0 atom stereocenters. The molecule has 19 heavy (non-hydrogen) atoms. The van der Waals surface area contributed by atoms with Crippen LogP contribution in [0.4, 0.5) is 5.69 Å². The minimum absolute atomic E-state index is 0.0326. The molecule has 1 aromatic rings. The van der Waals surface area contributed by atoms with Gasteiger partial charge in [0.15, 0.2) is 0 Å². The molecule has 0 heterocycles. The Hall–Kier alpha value is -1.84. The molecule has 0 saturated heterocycles. The van der Waals surface area contributed by atoms with Crippen molar-refractivity contribution < 1.29 is 9.59 Å². The number of rotatable bonds is 5. The SMILES string of the molecule is CC(=O)N(CCC(=O)NC(C)C)c1ccccc1C. The number of carbonyl (C=O) groups excluding carboxylic acids is 2. The number of nitrogens with one attached hydrogen (secondary N) is 1. The van der Waals surface area contributed by atoms with E-state index in [0.717, 1.165) is 11.3 Å². The Morgan fingerprint density at radius 1 is 1.26 bits per heavy atom. The van der Waals surface area contributed by atoms with Gasteiger partial charge in [0.2, 0.25) is 11.8 Å². The minimum Gasteiger partial charge on any atom is -0.354 e. The van der Waals surface area contributed by atoms with Crippen LogP contribution in [0.1, 0.15) is 32.8 Å². The van der Waals surface area contributed by atoms with Crippen LogP contribution in [0.15, 0.2) is 24.3 Å². The average Bonchev–Trinajstić information content (AvgIpc) is 2.30. The van der Waals surface area contributed by atoms with E-state index in [1.165, 1.54) is 6.92 Å². The predicted octanol–water partition coefficient (Wildman–Crippen LogP) is 2.26. The van der Waals surface area contributed by atoms with Gasteiger partial charge in [-0.2, -0.15) is 0 Å². The molecule has 0 aliphatic heterocycles. The molecule has 2 amide bonds. The fourth-order valence-electron chi connectivity index (χ4n) is 1.92. The lowest BCUT2D eigenvalue weighted by Gasteiger charge is -2.23. The maximum absolute atomic E-state index is 11.7. The third kappa shape index (κ3) is 4.73. The fraction of sp³-hybridized carbons (Fsp3) is 0.467. The van der Waals surface area contributed by atoms with Crippen LogP contribution in [0.2, 0.25) is 0 Å². The standard InChI is InChI=1S/C15H22N2O2/c1-11(2)16-15(19)9-10-17(13(4)18)14-8-6-5-7-12(14)3/h5-8,11H,9-10H2,1-4H3,(H,16,19). The highest BCUT2D eigenvalue weighted by atomic mass is 16.2. The topological polar surface area (TPSA) is 49.4 Å². The molecule has 0 aliphatic rings. The van der Waals surface area contributed by atoms with Crippen LogP contribution in [0, 0.1) is 6.92 Å². The van der Waals surface area contributed by atoms with Crippen molar-refractivity contribution in [3.05, 3.63) is 29.8 Å². The minimum atomic E-state index is -0.0494. The van der Waals surface area contributed by atoms with Gasteiger partial charge in [-0.15, -0.1) is 0 Å². The smallest absolute Gasteiger partial charge is 0.223 e. The molecule has 0 aliphatic carbocycles. The van der Waals surface area contributed by atoms with Crippen molar-refractivity contribution in [2.24, 2.45) is 0 Å². The van der Waals surface area contributed by atoms with Gasteiger partial charge in [-0.1, -0.05) is 18.2 Å². The van der Waals surface area contributed by atoms with Gasteiger partial charge in [-0.25, -0.2) is 0 Å². The number of anilines is 1. The molecule has 104 valence electrons. The van der Waals surface area contributed by atoms with Gasteiger partial charge >= 0.3 is 0 Å². The van der Waals surface area contributed by atoms with Gasteiger partial charge in [-0.3, -0.25) is 9.59 Å². The van der Waals surface area contributed by atoms with Gasteiger partial charge in [0.25, 0.3) is 0 Å². The highest BCUT2D eigenvalue weighted by Gasteiger charge is 2.15. The van der Waals surface area contributed by atoms with E-state index in [4.69, 9.17) is 0 Å². The maximum atomic E-state index is 11.7. The first-order valence-corrected chi connectivity index (χ1v) is 6.55. The number of benzene rings is 1. The normalized spacial score (nSPS) is 10.4. The summed E-state index contributed by atoms with van der Waals surface area (Å²) >= 11 is 0. The molecule has 0 fully saturated rings. The van der Waals surface area contributed by atoms with E-state index >= 15 is 0 Å². The zero-order chi connectivity index (χ0) is 14.4. The van der Waals surface area contributed by atoms with E-state index in [9.17, 15) is 9.59 Å². The number of amides is 2. The molecule has 4 nitrogen and oxygen atoms in total. The number of aryl methyl sites for hydroxylation is 1. The third-order valence-corrected chi connectivity index (χ3v) is 2.80. The van der Waals surface area contributed by atoms with Gasteiger partial charge in [0.05, 0.1) is 0 Å². The Morgan fingerprint density at radius 3 is 2.42 bits per heavy atom. The first-order valence-electron chi connectivity index (χ1n) is 6.55. The lowest BCUT2D eigenvalue weighted by molar-refractivity contribution is -0.121. The Morgan fingerprint density at radius 2 is 1.89 bits per heavy atom. The molecule has 1 N–H and O–H groups in total. The molecule has 0 unspecified atom stereocenters. The quantitative estimate of drug-likeness (QED) is 0.885. The highest BCUT2D eigenvalue weighted by molar-refractivity contribution is 5.93. The zero-order valence-electron chi connectivity index (χ0n) is 12.1. The van der Waals surface area contributed by atoms with E-state index < -0.39 is 0 Å². The summed E-state index contributed by atoms with van der Waals surface area (Å²) in [6, 6.07) is 7.81. The molecular weight excluding hydrogens is 240 g/mol. The van der Waals surface area contributed by atoms with Crippen LogP contribution < -0.4 is 10.2 Å². The van der Waals surface area contributed by atoms with Crippen LogP contribution in [-0.2, 0) is 9.59 Å². The van der Waals surface area contributed by atoms with E-state index in [0.29, 0.717) is 13.0 Å². The van der Waals surface area contributed by atoms with E-state index in [1.807, 2.05) is 45.0 Å². The Labute approximate surface area is 114 Å². The summed E-state index contributed by atoms with van der Waals surface area (Å²) in [4.78, 5) is 25.0. The van der Waals surface area contributed by atoms with E-state index in [-0.39, 0.29) is 17.9 Å². The zero-order valence-corrected chi connectivity index (χ0v) is 12.1. The summed E-state index contributed by atoms with van der Waals surface area (Å²) in [6.07, 6.45) is 0.312. The summed E-state index contributed by atoms with van der Waals surface area (Å²) < 4.78 is 0. The van der Waals surface area contributed by atoms with Gasteiger partial charge < -0.3 is 10.2 Å². The second-order valence-electron chi connectivity index (χ2n) is 4.93.